The summed E-state index contributed by atoms with van der Waals surface area (Å²) in [5.41, 5.74) is 1.19. The van der Waals surface area contributed by atoms with Crippen molar-refractivity contribution < 1.29 is 9.53 Å². The molecule has 0 spiro atoms. The molecule has 2 unspecified atom stereocenters. The molecule has 2 aliphatic rings. The van der Waals surface area contributed by atoms with E-state index in [9.17, 15) is 4.79 Å². The van der Waals surface area contributed by atoms with Gasteiger partial charge >= 0.3 is 0 Å². The molecule has 4 nitrogen and oxygen atoms in total. The lowest BCUT2D eigenvalue weighted by Gasteiger charge is -2.31. The highest BCUT2D eigenvalue weighted by atomic mass is 16.5. The fraction of sp³-hybridized carbons (Fsp3) is 0.632. The van der Waals surface area contributed by atoms with Crippen LogP contribution in [0.25, 0.3) is 0 Å². The van der Waals surface area contributed by atoms with E-state index in [4.69, 9.17) is 4.74 Å². The Labute approximate surface area is 139 Å². The summed E-state index contributed by atoms with van der Waals surface area (Å²) >= 11 is 0. The van der Waals surface area contributed by atoms with Crippen molar-refractivity contribution in [2.75, 3.05) is 26.7 Å². The smallest absolute Gasteiger partial charge is 0.234 e. The molecule has 0 radical (unpaired) electrons. The first-order valence-corrected chi connectivity index (χ1v) is 8.81. The molecule has 2 atom stereocenters. The van der Waals surface area contributed by atoms with E-state index in [1.165, 1.54) is 31.2 Å². The van der Waals surface area contributed by atoms with Crippen molar-refractivity contribution in [2.24, 2.45) is 11.8 Å². The van der Waals surface area contributed by atoms with Crippen LogP contribution in [0, 0.1) is 11.8 Å². The van der Waals surface area contributed by atoms with Crippen LogP contribution in [0.1, 0.15) is 44.2 Å². The topological polar surface area (TPSA) is 41.6 Å². The molecule has 1 aliphatic heterocycles. The van der Waals surface area contributed by atoms with Crippen LogP contribution >= 0.6 is 0 Å². The van der Waals surface area contributed by atoms with Crippen LogP contribution in [0.4, 0.5) is 0 Å². The third-order valence-electron chi connectivity index (χ3n) is 4.99. The van der Waals surface area contributed by atoms with Crippen molar-refractivity contribution in [1.29, 1.82) is 0 Å². The summed E-state index contributed by atoms with van der Waals surface area (Å²) in [5.74, 6) is 2.31. The zero-order valence-corrected chi connectivity index (χ0v) is 14.3. The van der Waals surface area contributed by atoms with E-state index in [2.05, 4.69) is 29.3 Å². The average Bonchev–Trinajstić information content (AvgIpc) is 3.37. The second-order valence-electron chi connectivity index (χ2n) is 7.14. The molecular weight excluding hydrogens is 288 g/mol. The minimum Gasteiger partial charge on any atom is -0.497 e. The van der Waals surface area contributed by atoms with Crippen LogP contribution in [0.2, 0.25) is 0 Å². The molecule has 3 rings (SSSR count). The number of amides is 1. The quantitative estimate of drug-likeness (QED) is 0.877. The third-order valence-corrected chi connectivity index (χ3v) is 4.99. The van der Waals surface area contributed by atoms with E-state index < -0.39 is 0 Å². The number of hydrogen-bond donors (Lipinski definition) is 1. The zero-order valence-electron chi connectivity index (χ0n) is 14.3. The number of nitrogens with one attached hydrogen (secondary N) is 1. The first kappa shape index (κ1) is 16.3. The fourth-order valence-electron chi connectivity index (χ4n) is 3.57. The Kier molecular flexibility index (Phi) is 5.21. The summed E-state index contributed by atoms with van der Waals surface area (Å²) in [6.45, 7) is 4.90. The first-order valence-electron chi connectivity index (χ1n) is 8.81. The SMILES string of the molecule is COc1ccc(C(NC(=O)CN2CCCC(C)C2)C2CC2)cc1. The lowest BCUT2D eigenvalue weighted by atomic mass is 10.00. The van der Waals surface area contributed by atoms with Crippen molar-refractivity contribution in [3.63, 3.8) is 0 Å². The highest BCUT2D eigenvalue weighted by molar-refractivity contribution is 5.78. The Morgan fingerprint density at radius 3 is 2.65 bits per heavy atom. The Hall–Kier alpha value is -1.55. The molecule has 1 heterocycles. The summed E-state index contributed by atoms with van der Waals surface area (Å²) in [5, 5.41) is 3.27. The largest absolute Gasteiger partial charge is 0.497 e. The van der Waals surface area contributed by atoms with Gasteiger partial charge in [0.15, 0.2) is 0 Å². The molecule has 1 aliphatic carbocycles. The zero-order chi connectivity index (χ0) is 16.2. The monoisotopic (exact) mass is 316 g/mol. The number of carbonyl (C=O) groups is 1. The van der Waals surface area contributed by atoms with Gasteiger partial charge in [0.05, 0.1) is 19.7 Å². The molecule has 1 saturated heterocycles. The van der Waals surface area contributed by atoms with Gasteiger partial charge in [-0.3, -0.25) is 9.69 Å². The molecular formula is C19H28N2O2. The number of nitrogens with zero attached hydrogens (tertiary/aromatic N) is 1. The summed E-state index contributed by atoms with van der Waals surface area (Å²) in [7, 11) is 1.68. The maximum atomic E-state index is 12.5. The predicted molar refractivity (Wildman–Crippen MR) is 91.4 cm³/mol. The lowest BCUT2D eigenvalue weighted by Crippen LogP contribution is -2.43. The molecule has 0 aromatic heterocycles. The number of benzene rings is 1. The number of likely N-dealkylation sites (tertiary alicyclic amines) is 1. The van der Waals surface area contributed by atoms with Crippen LogP contribution in [0.5, 0.6) is 5.75 Å². The fourth-order valence-corrected chi connectivity index (χ4v) is 3.57. The van der Waals surface area contributed by atoms with Crippen molar-refractivity contribution in [1.82, 2.24) is 10.2 Å². The summed E-state index contributed by atoms with van der Waals surface area (Å²) < 4.78 is 5.22. The standard InChI is InChI=1S/C19H28N2O2/c1-14-4-3-11-21(12-14)13-18(22)20-19(15-5-6-15)16-7-9-17(23-2)10-8-16/h7-10,14-15,19H,3-6,11-13H2,1-2H3,(H,20,22). The van der Waals surface area contributed by atoms with E-state index in [1.54, 1.807) is 7.11 Å². The summed E-state index contributed by atoms with van der Waals surface area (Å²) in [6, 6.07) is 8.25. The van der Waals surface area contributed by atoms with Gasteiger partial charge in [-0.1, -0.05) is 19.1 Å². The molecule has 1 aromatic rings. The van der Waals surface area contributed by atoms with Crippen LogP contribution in [-0.2, 0) is 4.79 Å². The van der Waals surface area contributed by atoms with Crippen molar-refractivity contribution in [3.8, 4) is 5.75 Å². The second kappa shape index (κ2) is 7.35. The Morgan fingerprint density at radius 1 is 1.30 bits per heavy atom. The van der Waals surface area contributed by atoms with Crippen LogP contribution < -0.4 is 10.1 Å². The van der Waals surface area contributed by atoms with Gasteiger partial charge in [0.2, 0.25) is 5.91 Å². The number of hydrogen-bond acceptors (Lipinski definition) is 3. The van der Waals surface area contributed by atoms with Gasteiger partial charge in [-0.25, -0.2) is 0 Å². The van der Waals surface area contributed by atoms with E-state index in [-0.39, 0.29) is 11.9 Å². The van der Waals surface area contributed by atoms with Gasteiger partial charge < -0.3 is 10.1 Å². The number of rotatable bonds is 6. The Balaban J connectivity index is 1.59. The van der Waals surface area contributed by atoms with E-state index >= 15 is 0 Å². The van der Waals surface area contributed by atoms with Crippen molar-refractivity contribution >= 4 is 5.91 Å². The molecule has 1 saturated carbocycles. The number of methoxy groups -OCH3 is 1. The third kappa shape index (κ3) is 4.47. The van der Waals surface area contributed by atoms with E-state index in [0.717, 1.165) is 18.8 Å². The molecule has 1 amide bonds. The maximum absolute atomic E-state index is 12.5. The van der Waals surface area contributed by atoms with Crippen LogP contribution in [0.3, 0.4) is 0 Å². The molecule has 126 valence electrons. The Morgan fingerprint density at radius 2 is 2.04 bits per heavy atom. The molecule has 4 heteroatoms. The number of carbonyl (C=O) groups excluding carboxylic acids is 1. The van der Waals surface area contributed by atoms with Gasteiger partial charge in [-0.05, 0) is 61.8 Å². The summed E-state index contributed by atoms with van der Waals surface area (Å²) in [4.78, 5) is 14.8. The van der Waals surface area contributed by atoms with Gasteiger partial charge in [0.25, 0.3) is 0 Å². The average molecular weight is 316 g/mol. The minimum atomic E-state index is 0.149. The van der Waals surface area contributed by atoms with Gasteiger partial charge in [0.1, 0.15) is 5.75 Å². The van der Waals surface area contributed by atoms with Crippen LogP contribution in [-0.4, -0.2) is 37.6 Å². The van der Waals surface area contributed by atoms with Crippen LogP contribution in [0.15, 0.2) is 24.3 Å². The predicted octanol–water partition coefficient (Wildman–Crippen LogP) is 2.99. The molecule has 2 fully saturated rings. The first-order chi connectivity index (χ1) is 11.2. The maximum Gasteiger partial charge on any atom is 0.234 e. The summed E-state index contributed by atoms with van der Waals surface area (Å²) in [6.07, 6.45) is 4.91. The molecule has 1 N–H and O–H groups in total. The molecule has 1 aromatic carbocycles. The Bertz CT molecular complexity index is 525. The molecule has 0 bridgehead atoms. The highest BCUT2D eigenvalue weighted by Crippen LogP contribution is 2.41. The highest BCUT2D eigenvalue weighted by Gasteiger charge is 2.33. The molecule has 23 heavy (non-hydrogen) atoms. The van der Waals surface area contributed by atoms with Crippen molar-refractivity contribution in [3.05, 3.63) is 29.8 Å². The number of piperidine rings is 1. The minimum absolute atomic E-state index is 0.149. The van der Waals surface area contributed by atoms with Gasteiger partial charge in [0, 0.05) is 6.54 Å². The lowest BCUT2D eigenvalue weighted by molar-refractivity contribution is -0.123. The van der Waals surface area contributed by atoms with E-state index in [1.807, 2.05) is 12.1 Å². The van der Waals surface area contributed by atoms with E-state index in [0.29, 0.717) is 18.4 Å². The van der Waals surface area contributed by atoms with Gasteiger partial charge in [-0.15, -0.1) is 0 Å². The normalized spacial score (nSPS) is 23.3. The van der Waals surface area contributed by atoms with Gasteiger partial charge in [-0.2, -0.15) is 0 Å². The number of ether oxygens (including phenoxy) is 1. The second-order valence-corrected chi connectivity index (χ2v) is 7.14. The van der Waals surface area contributed by atoms with Crippen molar-refractivity contribution in [2.45, 2.75) is 38.6 Å².